The predicted octanol–water partition coefficient (Wildman–Crippen LogP) is 2.57. The molecule has 0 radical (unpaired) electrons. The van der Waals surface area contributed by atoms with Crippen molar-refractivity contribution in [2.24, 2.45) is 0 Å². The molecule has 0 aliphatic carbocycles. The first-order valence-corrected chi connectivity index (χ1v) is 6.29. The SMILES string of the molecule is CC(C)N(CCC#N)Cc1ccc(C(=O)O)s1. The fraction of sp³-hybridized carbons (Fsp3) is 0.500. The Bertz CT molecular complexity index is 420. The topological polar surface area (TPSA) is 64.3 Å². The number of thiophene rings is 1. The van der Waals surface area contributed by atoms with Crippen LogP contribution in [-0.2, 0) is 6.54 Å². The standard InChI is InChI=1S/C12H16N2O2S/c1-9(2)14(7-3-6-13)8-10-4-5-11(17-10)12(15)16/h4-5,9H,3,7-8H2,1-2H3,(H,15,16). The Morgan fingerprint density at radius 2 is 2.29 bits per heavy atom. The number of aromatic carboxylic acids is 1. The van der Waals surface area contributed by atoms with Gasteiger partial charge in [-0.2, -0.15) is 5.26 Å². The Morgan fingerprint density at radius 1 is 1.59 bits per heavy atom. The Morgan fingerprint density at radius 3 is 2.76 bits per heavy atom. The molecule has 0 spiro atoms. The van der Waals surface area contributed by atoms with E-state index in [0.29, 0.717) is 30.4 Å². The molecule has 0 saturated carbocycles. The summed E-state index contributed by atoms with van der Waals surface area (Å²) in [6, 6.07) is 5.95. The van der Waals surface area contributed by atoms with Crippen LogP contribution in [0.25, 0.3) is 0 Å². The minimum Gasteiger partial charge on any atom is -0.477 e. The maximum absolute atomic E-state index is 10.8. The van der Waals surface area contributed by atoms with E-state index >= 15 is 0 Å². The summed E-state index contributed by atoms with van der Waals surface area (Å²) in [6.45, 7) is 5.57. The van der Waals surface area contributed by atoms with Gasteiger partial charge in [0.05, 0.1) is 6.07 Å². The molecule has 0 aliphatic rings. The number of carboxylic acids is 1. The minimum atomic E-state index is -0.880. The van der Waals surface area contributed by atoms with Gasteiger partial charge < -0.3 is 5.11 Å². The zero-order valence-electron chi connectivity index (χ0n) is 10.0. The third-order valence-electron chi connectivity index (χ3n) is 2.47. The first-order valence-electron chi connectivity index (χ1n) is 5.47. The number of carboxylic acid groups (broad SMARTS) is 1. The quantitative estimate of drug-likeness (QED) is 0.845. The van der Waals surface area contributed by atoms with Crippen LogP contribution in [-0.4, -0.2) is 28.6 Å². The number of nitrogens with zero attached hydrogens (tertiary/aromatic N) is 2. The zero-order valence-corrected chi connectivity index (χ0v) is 10.8. The van der Waals surface area contributed by atoms with E-state index in [1.807, 2.05) is 6.07 Å². The number of hydrogen-bond donors (Lipinski definition) is 1. The molecule has 0 amide bonds. The molecule has 92 valence electrons. The van der Waals surface area contributed by atoms with E-state index < -0.39 is 5.97 Å². The van der Waals surface area contributed by atoms with Crippen molar-refractivity contribution in [3.63, 3.8) is 0 Å². The maximum atomic E-state index is 10.8. The van der Waals surface area contributed by atoms with Crippen LogP contribution in [0.15, 0.2) is 12.1 Å². The van der Waals surface area contributed by atoms with Crippen LogP contribution >= 0.6 is 11.3 Å². The second kappa shape index (κ2) is 6.38. The molecule has 0 fully saturated rings. The molecule has 1 aromatic heterocycles. The lowest BCUT2D eigenvalue weighted by molar-refractivity contribution is 0.0702. The first-order chi connectivity index (χ1) is 8.04. The Labute approximate surface area is 105 Å². The third kappa shape index (κ3) is 4.17. The van der Waals surface area contributed by atoms with E-state index in [2.05, 4.69) is 24.8 Å². The van der Waals surface area contributed by atoms with Gasteiger partial charge in [0, 0.05) is 30.4 Å². The van der Waals surface area contributed by atoms with Gasteiger partial charge in [-0.05, 0) is 26.0 Å². The van der Waals surface area contributed by atoms with Crippen LogP contribution in [0.5, 0.6) is 0 Å². The predicted molar refractivity (Wildman–Crippen MR) is 67.1 cm³/mol. The largest absolute Gasteiger partial charge is 0.477 e. The Hall–Kier alpha value is -1.38. The molecule has 17 heavy (non-hydrogen) atoms. The van der Waals surface area contributed by atoms with E-state index in [0.717, 1.165) is 4.88 Å². The van der Waals surface area contributed by atoms with Gasteiger partial charge in [-0.3, -0.25) is 4.90 Å². The molecule has 1 N–H and O–H groups in total. The summed E-state index contributed by atoms with van der Waals surface area (Å²) in [6.07, 6.45) is 0.495. The van der Waals surface area contributed by atoms with Crippen LogP contribution in [0.3, 0.4) is 0 Å². The summed E-state index contributed by atoms with van der Waals surface area (Å²) in [5.41, 5.74) is 0. The summed E-state index contributed by atoms with van der Waals surface area (Å²) < 4.78 is 0. The molecule has 0 saturated heterocycles. The monoisotopic (exact) mass is 252 g/mol. The van der Waals surface area contributed by atoms with E-state index in [1.165, 1.54) is 11.3 Å². The summed E-state index contributed by atoms with van der Waals surface area (Å²) in [7, 11) is 0. The van der Waals surface area contributed by atoms with Gasteiger partial charge in [-0.15, -0.1) is 11.3 Å². The Kier molecular flexibility index (Phi) is 5.13. The van der Waals surface area contributed by atoms with Crippen LogP contribution in [0.2, 0.25) is 0 Å². The molecule has 4 nitrogen and oxygen atoms in total. The van der Waals surface area contributed by atoms with Crippen LogP contribution in [0, 0.1) is 11.3 Å². The van der Waals surface area contributed by atoms with Crippen molar-refractivity contribution in [2.75, 3.05) is 6.54 Å². The molecule has 0 bridgehead atoms. The van der Waals surface area contributed by atoms with Crippen LogP contribution in [0.1, 0.15) is 34.8 Å². The molecule has 0 atom stereocenters. The summed E-state index contributed by atoms with van der Waals surface area (Å²) in [4.78, 5) is 14.3. The van der Waals surface area contributed by atoms with E-state index in [-0.39, 0.29) is 0 Å². The van der Waals surface area contributed by atoms with Crippen molar-refractivity contribution in [1.82, 2.24) is 4.90 Å². The fourth-order valence-electron chi connectivity index (χ4n) is 1.49. The second-order valence-corrected chi connectivity index (χ2v) is 5.21. The van der Waals surface area contributed by atoms with Gasteiger partial charge in [-0.1, -0.05) is 0 Å². The van der Waals surface area contributed by atoms with Gasteiger partial charge in [0.1, 0.15) is 4.88 Å². The fourth-order valence-corrected chi connectivity index (χ4v) is 2.36. The highest BCUT2D eigenvalue weighted by Gasteiger charge is 2.13. The van der Waals surface area contributed by atoms with Crippen LogP contribution in [0.4, 0.5) is 0 Å². The molecule has 1 rings (SSSR count). The second-order valence-electron chi connectivity index (χ2n) is 4.04. The number of carbonyl (C=O) groups is 1. The molecule has 1 heterocycles. The smallest absolute Gasteiger partial charge is 0.345 e. The lowest BCUT2D eigenvalue weighted by atomic mass is 10.2. The normalized spacial score (nSPS) is 10.8. The van der Waals surface area contributed by atoms with Gasteiger partial charge >= 0.3 is 5.97 Å². The van der Waals surface area contributed by atoms with E-state index in [1.54, 1.807) is 6.07 Å². The zero-order chi connectivity index (χ0) is 12.8. The molecule has 5 heteroatoms. The van der Waals surface area contributed by atoms with Gasteiger partial charge in [0.15, 0.2) is 0 Å². The minimum absolute atomic E-state index is 0.346. The van der Waals surface area contributed by atoms with Crippen molar-refractivity contribution >= 4 is 17.3 Å². The summed E-state index contributed by atoms with van der Waals surface area (Å²) in [5.74, 6) is -0.880. The van der Waals surface area contributed by atoms with Crippen molar-refractivity contribution in [1.29, 1.82) is 5.26 Å². The summed E-state index contributed by atoms with van der Waals surface area (Å²) >= 11 is 1.30. The molecular weight excluding hydrogens is 236 g/mol. The van der Waals surface area contributed by atoms with Gasteiger partial charge in [0.25, 0.3) is 0 Å². The van der Waals surface area contributed by atoms with Crippen molar-refractivity contribution in [3.05, 3.63) is 21.9 Å². The van der Waals surface area contributed by atoms with Crippen molar-refractivity contribution in [2.45, 2.75) is 32.9 Å². The molecule has 0 unspecified atom stereocenters. The lowest BCUT2D eigenvalue weighted by Gasteiger charge is -2.24. The third-order valence-corrected chi connectivity index (χ3v) is 3.53. The lowest BCUT2D eigenvalue weighted by Crippen LogP contribution is -2.30. The van der Waals surface area contributed by atoms with E-state index in [4.69, 9.17) is 10.4 Å². The highest BCUT2D eigenvalue weighted by Crippen LogP contribution is 2.19. The van der Waals surface area contributed by atoms with Crippen molar-refractivity contribution < 1.29 is 9.90 Å². The maximum Gasteiger partial charge on any atom is 0.345 e. The van der Waals surface area contributed by atoms with Gasteiger partial charge in [-0.25, -0.2) is 4.79 Å². The molecular formula is C12H16N2O2S. The number of hydrogen-bond acceptors (Lipinski definition) is 4. The Balaban J connectivity index is 2.65. The van der Waals surface area contributed by atoms with Crippen LogP contribution < -0.4 is 0 Å². The van der Waals surface area contributed by atoms with Crippen molar-refractivity contribution in [3.8, 4) is 6.07 Å². The number of nitriles is 1. The average molecular weight is 252 g/mol. The van der Waals surface area contributed by atoms with E-state index in [9.17, 15) is 4.79 Å². The van der Waals surface area contributed by atoms with Gasteiger partial charge in [0.2, 0.25) is 0 Å². The highest BCUT2D eigenvalue weighted by atomic mass is 32.1. The molecule has 0 aromatic carbocycles. The highest BCUT2D eigenvalue weighted by molar-refractivity contribution is 7.13. The first kappa shape index (κ1) is 13.7. The molecule has 1 aromatic rings. The average Bonchev–Trinajstić information content (AvgIpc) is 2.72. The number of rotatable bonds is 6. The molecule has 0 aliphatic heterocycles. The summed E-state index contributed by atoms with van der Waals surface area (Å²) in [5, 5.41) is 17.4.